The predicted octanol–water partition coefficient (Wildman–Crippen LogP) is 2.25. The Morgan fingerprint density at radius 1 is 1.36 bits per heavy atom. The Bertz CT molecular complexity index is 672. The summed E-state index contributed by atoms with van der Waals surface area (Å²) in [6.07, 6.45) is 0.151. The SMILES string of the molecule is COc1ccc(-c2noc(C(=O)N3CCC3)c2C(C)O)cc1. The monoisotopic (exact) mass is 302 g/mol. The number of aliphatic hydroxyl groups excluding tert-OH is 1. The number of nitrogens with zero attached hydrogens (tertiary/aromatic N) is 2. The number of carbonyl (C=O) groups excluding carboxylic acids is 1. The van der Waals surface area contributed by atoms with Crippen LogP contribution >= 0.6 is 0 Å². The molecule has 6 nitrogen and oxygen atoms in total. The second-order valence-corrected chi connectivity index (χ2v) is 5.32. The van der Waals surface area contributed by atoms with E-state index in [1.165, 1.54) is 0 Å². The Kier molecular flexibility index (Phi) is 3.85. The van der Waals surface area contributed by atoms with Gasteiger partial charge < -0.3 is 19.3 Å². The summed E-state index contributed by atoms with van der Waals surface area (Å²) >= 11 is 0. The summed E-state index contributed by atoms with van der Waals surface area (Å²) in [6, 6.07) is 7.24. The normalized spacial score (nSPS) is 15.3. The van der Waals surface area contributed by atoms with E-state index < -0.39 is 6.10 Å². The van der Waals surface area contributed by atoms with Crippen molar-refractivity contribution in [1.82, 2.24) is 10.1 Å². The molecule has 2 aromatic rings. The molecule has 0 radical (unpaired) electrons. The Morgan fingerprint density at radius 2 is 2.05 bits per heavy atom. The maximum Gasteiger partial charge on any atom is 0.292 e. The van der Waals surface area contributed by atoms with Crippen molar-refractivity contribution in [2.24, 2.45) is 0 Å². The highest BCUT2D eigenvalue weighted by atomic mass is 16.5. The van der Waals surface area contributed by atoms with Crippen LogP contribution < -0.4 is 4.74 Å². The van der Waals surface area contributed by atoms with Gasteiger partial charge in [-0.3, -0.25) is 4.79 Å². The van der Waals surface area contributed by atoms with Crippen molar-refractivity contribution in [3.8, 4) is 17.0 Å². The molecule has 116 valence electrons. The highest BCUT2D eigenvalue weighted by Crippen LogP contribution is 2.32. The summed E-state index contributed by atoms with van der Waals surface area (Å²) in [5.74, 6) is 0.637. The number of aromatic nitrogens is 1. The fourth-order valence-electron chi connectivity index (χ4n) is 2.46. The number of hydrogen-bond acceptors (Lipinski definition) is 5. The van der Waals surface area contributed by atoms with Crippen molar-refractivity contribution in [1.29, 1.82) is 0 Å². The molecule has 1 aromatic carbocycles. The molecule has 0 spiro atoms. The number of aliphatic hydroxyl groups is 1. The fourth-order valence-corrected chi connectivity index (χ4v) is 2.46. The summed E-state index contributed by atoms with van der Waals surface area (Å²) in [5.41, 5.74) is 1.69. The molecule has 1 N–H and O–H groups in total. The molecule has 1 aliphatic heterocycles. The van der Waals surface area contributed by atoms with Gasteiger partial charge in [-0.1, -0.05) is 5.16 Å². The Morgan fingerprint density at radius 3 is 2.55 bits per heavy atom. The number of ether oxygens (including phenoxy) is 1. The maximum absolute atomic E-state index is 12.4. The molecule has 1 amide bonds. The van der Waals surface area contributed by atoms with Gasteiger partial charge in [-0.25, -0.2) is 0 Å². The summed E-state index contributed by atoms with van der Waals surface area (Å²) in [7, 11) is 1.59. The quantitative estimate of drug-likeness (QED) is 0.937. The van der Waals surface area contributed by atoms with E-state index in [-0.39, 0.29) is 11.7 Å². The molecule has 1 aromatic heterocycles. The van der Waals surface area contributed by atoms with Gasteiger partial charge in [0.1, 0.15) is 11.4 Å². The number of methoxy groups -OCH3 is 1. The van der Waals surface area contributed by atoms with Crippen LogP contribution in [0, 0.1) is 0 Å². The zero-order valence-electron chi connectivity index (χ0n) is 12.6. The summed E-state index contributed by atoms with van der Waals surface area (Å²) in [5, 5.41) is 14.1. The first-order chi connectivity index (χ1) is 10.6. The van der Waals surface area contributed by atoms with E-state index in [0.29, 0.717) is 11.3 Å². The molecule has 0 aliphatic carbocycles. The summed E-state index contributed by atoms with van der Waals surface area (Å²) in [6.45, 7) is 3.04. The van der Waals surface area contributed by atoms with Crippen LogP contribution in [0.1, 0.15) is 35.6 Å². The number of benzene rings is 1. The highest BCUT2D eigenvalue weighted by molar-refractivity contribution is 5.95. The van der Waals surface area contributed by atoms with E-state index in [1.807, 2.05) is 12.1 Å². The number of likely N-dealkylation sites (tertiary alicyclic amines) is 1. The molecule has 1 atom stereocenters. The van der Waals surface area contributed by atoms with Crippen LogP contribution in [0.4, 0.5) is 0 Å². The summed E-state index contributed by atoms with van der Waals surface area (Å²) < 4.78 is 10.4. The molecular weight excluding hydrogens is 284 g/mol. The van der Waals surface area contributed by atoms with E-state index in [4.69, 9.17) is 9.26 Å². The summed E-state index contributed by atoms with van der Waals surface area (Å²) in [4.78, 5) is 14.0. The lowest BCUT2D eigenvalue weighted by Crippen LogP contribution is -2.42. The Labute approximate surface area is 128 Å². The number of rotatable bonds is 4. The van der Waals surface area contributed by atoms with Crippen LogP contribution in [-0.2, 0) is 0 Å². The van der Waals surface area contributed by atoms with Gasteiger partial charge in [0.25, 0.3) is 5.91 Å². The standard InChI is InChI=1S/C16H18N2O4/c1-10(19)13-14(11-4-6-12(21-2)7-5-11)17-22-15(13)16(20)18-8-3-9-18/h4-7,10,19H,3,8-9H2,1-2H3. The fraction of sp³-hybridized carbons (Fsp3) is 0.375. The van der Waals surface area contributed by atoms with Crippen molar-refractivity contribution in [3.63, 3.8) is 0 Å². The largest absolute Gasteiger partial charge is 0.497 e. The molecule has 0 bridgehead atoms. The number of hydrogen-bond donors (Lipinski definition) is 1. The van der Waals surface area contributed by atoms with Gasteiger partial charge in [0, 0.05) is 18.7 Å². The zero-order chi connectivity index (χ0) is 15.7. The topological polar surface area (TPSA) is 75.8 Å². The van der Waals surface area contributed by atoms with Crippen molar-refractivity contribution >= 4 is 5.91 Å². The molecule has 3 rings (SSSR count). The van der Waals surface area contributed by atoms with E-state index in [1.54, 1.807) is 31.1 Å². The van der Waals surface area contributed by atoms with Gasteiger partial charge in [-0.05, 0) is 37.6 Å². The number of carbonyl (C=O) groups is 1. The minimum absolute atomic E-state index is 0.125. The smallest absolute Gasteiger partial charge is 0.292 e. The molecule has 22 heavy (non-hydrogen) atoms. The first-order valence-corrected chi connectivity index (χ1v) is 7.23. The molecule has 1 saturated heterocycles. The van der Waals surface area contributed by atoms with Crippen molar-refractivity contribution in [3.05, 3.63) is 35.6 Å². The van der Waals surface area contributed by atoms with Crippen LogP contribution in [0.2, 0.25) is 0 Å². The van der Waals surface area contributed by atoms with E-state index in [0.717, 1.165) is 30.8 Å². The third-order valence-corrected chi connectivity index (χ3v) is 3.85. The van der Waals surface area contributed by atoms with Crippen LogP contribution in [0.25, 0.3) is 11.3 Å². The molecule has 0 saturated carbocycles. The first-order valence-electron chi connectivity index (χ1n) is 7.23. The van der Waals surface area contributed by atoms with Gasteiger partial charge in [-0.15, -0.1) is 0 Å². The van der Waals surface area contributed by atoms with Crippen LogP contribution in [-0.4, -0.2) is 41.3 Å². The first kappa shape index (κ1) is 14.6. The number of amides is 1. The zero-order valence-corrected chi connectivity index (χ0v) is 12.6. The van der Waals surface area contributed by atoms with E-state index >= 15 is 0 Å². The Hall–Kier alpha value is -2.34. The van der Waals surface area contributed by atoms with Crippen LogP contribution in [0.3, 0.4) is 0 Å². The third-order valence-electron chi connectivity index (χ3n) is 3.85. The highest BCUT2D eigenvalue weighted by Gasteiger charge is 2.31. The minimum atomic E-state index is -0.844. The van der Waals surface area contributed by atoms with Gasteiger partial charge in [0.05, 0.1) is 18.8 Å². The lowest BCUT2D eigenvalue weighted by Gasteiger charge is -2.30. The lowest BCUT2D eigenvalue weighted by molar-refractivity contribution is 0.0601. The molecule has 2 heterocycles. The van der Waals surface area contributed by atoms with Crippen molar-refractivity contribution < 1.29 is 19.2 Å². The average Bonchev–Trinajstić information content (AvgIpc) is 2.90. The molecule has 1 aliphatic rings. The van der Waals surface area contributed by atoms with Gasteiger partial charge in [0.2, 0.25) is 5.76 Å². The lowest BCUT2D eigenvalue weighted by atomic mass is 10.0. The molecule has 6 heteroatoms. The maximum atomic E-state index is 12.4. The van der Waals surface area contributed by atoms with E-state index in [2.05, 4.69) is 5.16 Å². The molecular formula is C16H18N2O4. The second kappa shape index (κ2) is 5.81. The van der Waals surface area contributed by atoms with E-state index in [9.17, 15) is 9.90 Å². The van der Waals surface area contributed by atoms with Gasteiger partial charge >= 0.3 is 0 Å². The second-order valence-electron chi connectivity index (χ2n) is 5.32. The molecule has 1 fully saturated rings. The van der Waals surface area contributed by atoms with Gasteiger partial charge in [-0.2, -0.15) is 0 Å². The van der Waals surface area contributed by atoms with Gasteiger partial charge in [0.15, 0.2) is 0 Å². The van der Waals surface area contributed by atoms with Crippen molar-refractivity contribution in [2.75, 3.05) is 20.2 Å². The minimum Gasteiger partial charge on any atom is -0.497 e. The van der Waals surface area contributed by atoms with Crippen molar-refractivity contribution in [2.45, 2.75) is 19.4 Å². The predicted molar refractivity (Wildman–Crippen MR) is 79.6 cm³/mol. The van der Waals surface area contributed by atoms with Crippen LogP contribution in [0.15, 0.2) is 28.8 Å². The molecule has 1 unspecified atom stereocenters. The Balaban J connectivity index is 2.00. The van der Waals surface area contributed by atoms with Crippen LogP contribution in [0.5, 0.6) is 5.75 Å². The average molecular weight is 302 g/mol. The third kappa shape index (κ3) is 2.46.